The third-order valence-electron chi connectivity index (χ3n) is 6.15. The van der Waals surface area contributed by atoms with Gasteiger partial charge in [0.1, 0.15) is 24.6 Å². The molecule has 11 nitrogen and oxygen atoms in total. The molecular weight excluding hydrogens is 507 g/mol. The highest BCUT2D eigenvalue weighted by molar-refractivity contribution is 5.95. The van der Waals surface area contributed by atoms with E-state index in [0.29, 0.717) is 18.2 Å². The fourth-order valence-electron chi connectivity index (χ4n) is 4.18. The Kier molecular flexibility index (Phi) is 9.22. The van der Waals surface area contributed by atoms with E-state index in [1.165, 1.54) is 12.1 Å². The Hall–Kier alpha value is -4.74. The van der Waals surface area contributed by atoms with Crippen LogP contribution in [0.2, 0.25) is 0 Å². The molecule has 0 saturated carbocycles. The van der Waals surface area contributed by atoms with Crippen LogP contribution in [0.25, 0.3) is 0 Å². The van der Waals surface area contributed by atoms with Gasteiger partial charge in [0.25, 0.3) is 5.91 Å². The third kappa shape index (κ3) is 7.63. The lowest BCUT2D eigenvalue weighted by Gasteiger charge is -2.38. The van der Waals surface area contributed by atoms with Crippen molar-refractivity contribution >= 4 is 29.6 Å². The standard InChI is InChI=1S/C27H29FN6O5/c28-20-15-19(10-11-22(20)34-14-5-4-9-23(34)33-26-29-12-6-13-30-26)24(35)31-16-21(25(36)37)32-27(38)39-17-18-7-2-1-3-8-18/h1-3,6-8,10-13,15,21,23H,4-5,9,14,16-17H2,(H,31,35)(H,32,38)(H,36,37)(H,29,30,33)/t21-,23?/m0/s1. The van der Waals surface area contributed by atoms with Gasteiger partial charge in [-0.1, -0.05) is 30.3 Å². The summed E-state index contributed by atoms with van der Waals surface area (Å²) in [6, 6.07) is 13.2. The van der Waals surface area contributed by atoms with Gasteiger partial charge in [-0.3, -0.25) is 4.79 Å². The van der Waals surface area contributed by atoms with Gasteiger partial charge in [0.15, 0.2) is 0 Å². The first-order chi connectivity index (χ1) is 18.9. The van der Waals surface area contributed by atoms with Crippen molar-refractivity contribution in [2.75, 3.05) is 23.3 Å². The molecule has 3 aromatic rings. The second-order valence-corrected chi connectivity index (χ2v) is 8.89. The second-order valence-electron chi connectivity index (χ2n) is 8.89. The van der Waals surface area contributed by atoms with Crippen LogP contribution in [0, 0.1) is 5.82 Å². The van der Waals surface area contributed by atoms with Gasteiger partial charge < -0.3 is 30.7 Å². The quantitative estimate of drug-likeness (QED) is 0.307. The monoisotopic (exact) mass is 536 g/mol. The average molecular weight is 537 g/mol. The van der Waals surface area contributed by atoms with E-state index < -0.39 is 36.4 Å². The molecule has 2 atom stereocenters. The number of ether oxygens (including phenoxy) is 1. The number of rotatable bonds is 10. The highest BCUT2D eigenvalue weighted by Crippen LogP contribution is 2.28. The zero-order valence-corrected chi connectivity index (χ0v) is 21.0. The molecule has 2 aromatic carbocycles. The Morgan fingerprint density at radius 2 is 1.85 bits per heavy atom. The summed E-state index contributed by atoms with van der Waals surface area (Å²) < 4.78 is 20.2. The molecule has 4 N–H and O–H groups in total. The van der Waals surface area contributed by atoms with Crippen molar-refractivity contribution in [1.29, 1.82) is 0 Å². The molecule has 4 rings (SSSR count). The van der Waals surface area contributed by atoms with Crippen LogP contribution in [0.15, 0.2) is 67.0 Å². The van der Waals surface area contributed by atoms with Crippen molar-refractivity contribution < 1.29 is 28.6 Å². The van der Waals surface area contributed by atoms with Gasteiger partial charge in [-0.25, -0.2) is 23.9 Å². The Balaban J connectivity index is 1.34. The first-order valence-corrected chi connectivity index (χ1v) is 12.5. The molecule has 1 aromatic heterocycles. The Morgan fingerprint density at radius 1 is 1.08 bits per heavy atom. The first kappa shape index (κ1) is 27.3. The van der Waals surface area contributed by atoms with Gasteiger partial charge in [-0.15, -0.1) is 0 Å². The number of nitrogens with one attached hydrogen (secondary N) is 3. The molecular formula is C27H29FN6O5. The number of carboxylic acids is 1. The van der Waals surface area contributed by atoms with Gasteiger partial charge >= 0.3 is 12.1 Å². The van der Waals surface area contributed by atoms with Crippen molar-refractivity contribution in [3.8, 4) is 0 Å². The van der Waals surface area contributed by atoms with Crippen molar-refractivity contribution in [1.82, 2.24) is 20.6 Å². The van der Waals surface area contributed by atoms with Gasteiger partial charge in [0.05, 0.1) is 5.69 Å². The number of carbonyl (C=O) groups excluding carboxylic acids is 2. The maximum atomic E-state index is 15.2. The first-order valence-electron chi connectivity index (χ1n) is 12.5. The minimum Gasteiger partial charge on any atom is -0.480 e. The normalized spacial score (nSPS) is 15.6. The molecule has 1 aliphatic heterocycles. The van der Waals surface area contributed by atoms with Crippen molar-refractivity contribution in [2.45, 2.75) is 38.1 Å². The summed E-state index contributed by atoms with van der Waals surface area (Å²) in [6.45, 7) is 0.148. The van der Waals surface area contributed by atoms with Crippen molar-refractivity contribution in [2.24, 2.45) is 0 Å². The average Bonchev–Trinajstić information content (AvgIpc) is 2.95. The van der Waals surface area contributed by atoms with Gasteiger partial charge in [-0.05, 0) is 49.1 Å². The second kappa shape index (κ2) is 13.2. The fourth-order valence-corrected chi connectivity index (χ4v) is 4.18. The molecule has 2 heterocycles. The number of anilines is 2. The predicted octanol–water partition coefficient (Wildman–Crippen LogP) is 3.15. The number of amides is 2. The van der Waals surface area contributed by atoms with Crippen molar-refractivity contribution in [3.05, 3.63) is 83.9 Å². The van der Waals surface area contributed by atoms with Gasteiger partial charge in [0.2, 0.25) is 5.95 Å². The number of nitrogens with zero attached hydrogens (tertiary/aromatic N) is 3. The number of carbonyl (C=O) groups is 3. The molecule has 0 bridgehead atoms. The molecule has 0 radical (unpaired) electrons. The smallest absolute Gasteiger partial charge is 0.408 e. The molecule has 0 spiro atoms. The van der Waals surface area contributed by atoms with Crippen molar-refractivity contribution in [3.63, 3.8) is 0 Å². The molecule has 2 amide bonds. The number of hydrogen-bond donors (Lipinski definition) is 4. The van der Waals surface area contributed by atoms with Gasteiger partial charge in [0, 0.05) is 31.0 Å². The minimum atomic E-state index is -1.44. The number of aromatic nitrogens is 2. The molecule has 12 heteroatoms. The van der Waals surface area contributed by atoms with E-state index in [0.717, 1.165) is 30.9 Å². The van der Waals surface area contributed by atoms with Crippen LogP contribution in [0.3, 0.4) is 0 Å². The lowest BCUT2D eigenvalue weighted by molar-refractivity contribution is -0.139. The summed E-state index contributed by atoms with van der Waals surface area (Å²) in [5.41, 5.74) is 1.07. The van der Waals surface area contributed by atoms with Crippen LogP contribution in [0.5, 0.6) is 0 Å². The number of hydrogen-bond acceptors (Lipinski definition) is 8. The lowest BCUT2D eigenvalue weighted by Crippen LogP contribution is -2.48. The number of piperidine rings is 1. The van der Waals surface area contributed by atoms with Crippen LogP contribution < -0.4 is 20.9 Å². The molecule has 204 valence electrons. The van der Waals surface area contributed by atoms with Gasteiger partial charge in [-0.2, -0.15) is 0 Å². The largest absolute Gasteiger partial charge is 0.480 e. The minimum absolute atomic E-state index is 0.0138. The zero-order valence-electron chi connectivity index (χ0n) is 21.0. The third-order valence-corrected chi connectivity index (χ3v) is 6.15. The van der Waals surface area contributed by atoms with E-state index in [4.69, 9.17) is 4.74 Å². The van der Waals surface area contributed by atoms with E-state index in [2.05, 4.69) is 25.9 Å². The predicted molar refractivity (Wildman–Crippen MR) is 141 cm³/mol. The van der Waals surface area contributed by atoms with Crippen LogP contribution in [0.4, 0.5) is 20.8 Å². The molecule has 1 unspecified atom stereocenters. The van der Waals surface area contributed by atoms with E-state index in [-0.39, 0.29) is 18.3 Å². The van der Waals surface area contributed by atoms with E-state index in [1.807, 2.05) is 11.0 Å². The molecule has 39 heavy (non-hydrogen) atoms. The highest BCUT2D eigenvalue weighted by atomic mass is 19.1. The van der Waals surface area contributed by atoms with Crippen LogP contribution in [0.1, 0.15) is 35.2 Å². The van der Waals surface area contributed by atoms with E-state index >= 15 is 4.39 Å². The number of halogens is 1. The summed E-state index contributed by atoms with van der Waals surface area (Å²) in [5, 5.41) is 17.3. The van der Waals surface area contributed by atoms with Crippen LogP contribution in [-0.2, 0) is 16.1 Å². The zero-order chi connectivity index (χ0) is 27.6. The topological polar surface area (TPSA) is 146 Å². The SMILES string of the molecule is O=C(N[C@@H](CNC(=O)c1ccc(N2CCCCC2Nc2ncccn2)c(F)c1)C(=O)O)OCc1ccccc1. The summed E-state index contributed by atoms with van der Waals surface area (Å²) in [7, 11) is 0. The molecule has 1 saturated heterocycles. The molecule has 1 fully saturated rings. The van der Waals surface area contributed by atoms with Crippen LogP contribution >= 0.6 is 0 Å². The number of carboxylic acid groups (broad SMARTS) is 1. The molecule has 1 aliphatic rings. The number of benzene rings is 2. The summed E-state index contributed by atoms with van der Waals surface area (Å²) in [4.78, 5) is 46.5. The number of aliphatic carboxylic acids is 1. The fraction of sp³-hybridized carbons (Fsp3) is 0.296. The maximum absolute atomic E-state index is 15.2. The Labute approximate surface area is 224 Å². The van der Waals surface area contributed by atoms with E-state index in [9.17, 15) is 19.5 Å². The maximum Gasteiger partial charge on any atom is 0.408 e. The summed E-state index contributed by atoms with van der Waals surface area (Å²) in [5.74, 6) is -2.20. The van der Waals surface area contributed by atoms with Crippen LogP contribution in [-0.4, -0.2) is 58.3 Å². The summed E-state index contributed by atoms with van der Waals surface area (Å²) in [6.07, 6.45) is 4.68. The lowest BCUT2D eigenvalue weighted by atomic mass is 10.1. The Morgan fingerprint density at radius 3 is 2.56 bits per heavy atom. The Bertz CT molecular complexity index is 1280. The highest BCUT2D eigenvalue weighted by Gasteiger charge is 2.26. The number of alkyl carbamates (subject to hydrolysis) is 1. The molecule has 0 aliphatic carbocycles. The summed E-state index contributed by atoms with van der Waals surface area (Å²) >= 11 is 0. The van der Waals surface area contributed by atoms with E-state index in [1.54, 1.807) is 42.7 Å².